The Morgan fingerprint density at radius 2 is 1.71 bits per heavy atom. The lowest BCUT2D eigenvalue weighted by molar-refractivity contribution is 0.356. The summed E-state index contributed by atoms with van der Waals surface area (Å²) in [6.07, 6.45) is 4.33. The topological polar surface area (TPSA) is 33.1 Å². The third-order valence-electron chi connectivity index (χ3n) is 5.95. The van der Waals surface area contributed by atoms with Gasteiger partial charge in [-0.15, -0.1) is 12.4 Å². The first kappa shape index (κ1) is 17.6. The monoisotopic (exact) mass is 408 g/mol. The van der Waals surface area contributed by atoms with Gasteiger partial charge in [0.1, 0.15) is 0 Å². The zero-order chi connectivity index (χ0) is 17.8. The number of aromatic nitrogens is 2. The van der Waals surface area contributed by atoms with Crippen LogP contribution in [0.2, 0.25) is 0 Å². The fraction of sp³-hybridized carbons (Fsp3) is 0.227. The number of hydrogen-bond donors (Lipinski definition) is 1. The molecule has 0 aliphatic carbocycles. The van der Waals surface area contributed by atoms with Crippen molar-refractivity contribution in [1.29, 1.82) is 0 Å². The van der Waals surface area contributed by atoms with Crippen molar-refractivity contribution in [1.82, 2.24) is 9.55 Å². The van der Waals surface area contributed by atoms with E-state index < -0.39 is 0 Å². The van der Waals surface area contributed by atoms with Crippen LogP contribution in [0.5, 0.6) is 0 Å². The molecule has 1 saturated heterocycles. The number of fused-ring (bicyclic) bond motifs is 5. The van der Waals surface area contributed by atoms with Crippen molar-refractivity contribution in [2.45, 2.75) is 18.4 Å². The Morgan fingerprint density at radius 3 is 2.57 bits per heavy atom. The Hall–Kier alpha value is -2.50. The lowest BCUT2D eigenvalue weighted by Gasteiger charge is -2.46. The quantitative estimate of drug-likeness (QED) is 0.456. The molecule has 4 nitrogen and oxygen atoms in total. The van der Waals surface area contributed by atoms with Crippen molar-refractivity contribution >= 4 is 44.8 Å². The normalized spacial score (nSPS) is 16.9. The van der Waals surface area contributed by atoms with Gasteiger partial charge in [-0.1, -0.05) is 35.6 Å². The molecule has 2 aliphatic heterocycles. The number of para-hydroxylation sites is 3. The van der Waals surface area contributed by atoms with E-state index in [9.17, 15) is 0 Å². The fourth-order valence-corrected chi connectivity index (χ4v) is 5.57. The van der Waals surface area contributed by atoms with Crippen molar-refractivity contribution in [3.05, 3.63) is 72.6 Å². The van der Waals surface area contributed by atoms with E-state index >= 15 is 0 Å². The molecule has 0 saturated carbocycles. The summed E-state index contributed by atoms with van der Waals surface area (Å²) in [5.74, 6) is 0. The molecule has 6 heteroatoms. The molecule has 0 atom stereocenters. The third kappa shape index (κ3) is 2.54. The average molecular weight is 409 g/mol. The van der Waals surface area contributed by atoms with Crippen molar-refractivity contribution < 1.29 is 0 Å². The van der Waals surface area contributed by atoms with Gasteiger partial charge in [-0.05, 0) is 49.2 Å². The van der Waals surface area contributed by atoms with Crippen LogP contribution >= 0.6 is 23.7 Å². The van der Waals surface area contributed by atoms with E-state index in [-0.39, 0.29) is 17.9 Å². The van der Waals surface area contributed by atoms with Gasteiger partial charge in [-0.25, -0.2) is 4.98 Å². The maximum absolute atomic E-state index is 4.86. The van der Waals surface area contributed by atoms with Gasteiger partial charge < -0.3 is 14.8 Å². The number of nitrogens with one attached hydrogen (secondary N) is 1. The maximum Gasteiger partial charge on any atom is 0.186 e. The lowest BCUT2D eigenvalue weighted by atomic mass is 9.82. The zero-order valence-corrected chi connectivity index (χ0v) is 17.0. The maximum atomic E-state index is 4.86. The summed E-state index contributed by atoms with van der Waals surface area (Å²) in [6.45, 7) is 2.03. The smallest absolute Gasteiger partial charge is 0.186 e. The summed E-state index contributed by atoms with van der Waals surface area (Å²) in [4.78, 5) is 7.31. The minimum Gasteiger partial charge on any atom is -0.372 e. The highest BCUT2D eigenvalue weighted by Crippen LogP contribution is 2.44. The average Bonchev–Trinajstić information content (AvgIpc) is 3.37. The van der Waals surface area contributed by atoms with Crippen LogP contribution in [0, 0.1) is 0 Å². The van der Waals surface area contributed by atoms with E-state index in [1.807, 2.05) is 0 Å². The van der Waals surface area contributed by atoms with Crippen LogP contribution < -0.4 is 10.2 Å². The molecule has 4 heterocycles. The molecule has 28 heavy (non-hydrogen) atoms. The van der Waals surface area contributed by atoms with E-state index in [1.165, 1.54) is 21.8 Å². The molecule has 1 spiro atoms. The summed E-state index contributed by atoms with van der Waals surface area (Å²) >= 11 is 1.80. The van der Waals surface area contributed by atoms with Gasteiger partial charge >= 0.3 is 0 Å². The number of halogens is 1. The molecular formula is C22H21ClN4S. The second-order valence-corrected chi connectivity index (χ2v) is 8.45. The van der Waals surface area contributed by atoms with Gasteiger partial charge in [0, 0.05) is 25.0 Å². The molecule has 0 amide bonds. The number of anilines is 2. The predicted molar refractivity (Wildman–Crippen MR) is 119 cm³/mol. The molecule has 1 fully saturated rings. The molecule has 0 radical (unpaired) electrons. The summed E-state index contributed by atoms with van der Waals surface area (Å²) in [6, 6.07) is 21.5. The Morgan fingerprint density at radius 1 is 0.929 bits per heavy atom. The first-order valence-corrected chi connectivity index (χ1v) is 10.3. The van der Waals surface area contributed by atoms with E-state index in [1.54, 1.807) is 11.3 Å². The Bertz CT molecular complexity index is 1110. The van der Waals surface area contributed by atoms with Crippen LogP contribution in [0.25, 0.3) is 15.9 Å². The fourth-order valence-electron chi connectivity index (χ4n) is 4.55. The number of thiazole rings is 1. The van der Waals surface area contributed by atoms with Gasteiger partial charge in [0.15, 0.2) is 5.13 Å². The lowest BCUT2D eigenvalue weighted by Crippen LogP contribution is -2.49. The molecule has 0 bridgehead atoms. The van der Waals surface area contributed by atoms with Gasteiger partial charge in [0.2, 0.25) is 0 Å². The largest absolute Gasteiger partial charge is 0.372 e. The third-order valence-corrected chi connectivity index (χ3v) is 7.04. The summed E-state index contributed by atoms with van der Waals surface area (Å²) < 4.78 is 3.63. The van der Waals surface area contributed by atoms with Crippen LogP contribution in [-0.2, 0) is 5.54 Å². The van der Waals surface area contributed by atoms with E-state index in [4.69, 9.17) is 4.98 Å². The number of benzene rings is 2. The van der Waals surface area contributed by atoms with Crippen LogP contribution in [0.15, 0.2) is 66.9 Å². The SMILES string of the molecule is Cl.c1ccc2c(c1)NC1(CCN(c3nc4ccccc4s3)CC1)c1cccn1-2. The molecular weight excluding hydrogens is 388 g/mol. The van der Waals surface area contributed by atoms with Gasteiger partial charge in [-0.2, -0.15) is 0 Å². The first-order chi connectivity index (χ1) is 13.3. The van der Waals surface area contributed by atoms with Gasteiger partial charge in [0.25, 0.3) is 0 Å². The zero-order valence-electron chi connectivity index (χ0n) is 15.3. The van der Waals surface area contributed by atoms with Crippen LogP contribution in [0.1, 0.15) is 18.5 Å². The highest BCUT2D eigenvalue weighted by Gasteiger charge is 2.41. The number of hydrogen-bond acceptors (Lipinski definition) is 4. The van der Waals surface area contributed by atoms with E-state index in [0.717, 1.165) is 36.6 Å². The summed E-state index contributed by atoms with van der Waals surface area (Å²) in [5, 5.41) is 5.04. The Labute approximate surface area is 174 Å². The second kappa shape index (κ2) is 6.54. The Balaban J connectivity index is 0.00000171. The molecule has 2 aromatic heterocycles. The van der Waals surface area contributed by atoms with E-state index in [0.29, 0.717) is 0 Å². The molecule has 2 aliphatic rings. The van der Waals surface area contributed by atoms with Crippen molar-refractivity contribution in [3.63, 3.8) is 0 Å². The first-order valence-electron chi connectivity index (χ1n) is 9.48. The van der Waals surface area contributed by atoms with Gasteiger partial charge in [-0.3, -0.25) is 0 Å². The van der Waals surface area contributed by atoms with Gasteiger partial charge in [0.05, 0.1) is 27.1 Å². The molecule has 2 aromatic carbocycles. The van der Waals surface area contributed by atoms with Crippen molar-refractivity contribution in [2.75, 3.05) is 23.3 Å². The molecule has 1 N–H and O–H groups in total. The highest BCUT2D eigenvalue weighted by molar-refractivity contribution is 7.22. The molecule has 6 rings (SSSR count). The molecule has 142 valence electrons. The van der Waals surface area contributed by atoms with Crippen LogP contribution in [0.3, 0.4) is 0 Å². The minimum atomic E-state index is 0. The van der Waals surface area contributed by atoms with E-state index in [2.05, 4.69) is 81.6 Å². The Kier molecular flexibility index (Phi) is 4.11. The van der Waals surface area contributed by atoms with Crippen LogP contribution in [0.4, 0.5) is 10.8 Å². The predicted octanol–water partition coefficient (Wildman–Crippen LogP) is 5.43. The second-order valence-electron chi connectivity index (χ2n) is 7.44. The highest BCUT2D eigenvalue weighted by atomic mass is 35.5. The summed E-state index contributed by atoms with van der Waals surface area (Å²) in [7, 11) is 0. The molecule has 0 unspecified atom stereocenters. The summed E-state index contributed by atoms with van der Waals surface area (Å²) in [5.41, 5.74) is 4.97. The standard InChI is InChI=1S/C22H20N4S.ClH/c1-3-8-18-16(6-1)24-22(20-10-5-13-26(18)20)11-14-25(15-12-22)21-23-17-7-2-4-9-19(17)27-21;/h1-10,13,24H,11-12,14-15H2;1H. The minimum absolute atomic E-state index is 0. The number of rotatable bonds is 1. The van der Waals surface area contributed by atoms with Crippen LogP contribution in [-0.4, -0.2) is 22.6 Å². The molecule has 4 aromatic rings. The van der Waals surface area contributed by atoms with Crippen molar-refractivity contribution in [2.24, 2.45) is 0 Å². The number of nitrogens with zero attached hydrogens (tertiary/aromatic N) is 3. The van der Waals surface area contributed by atoms with Crippen molar-refractivity contribution in [3.8, 4) is 5.69 Å². The number of piperidine rings is 1.